The van der Waals surface area contributed by atoms with Gasteiger partial charge in [-0.3, -0.25) is 14.7 Å². The van der Waals surface area contributed by atoms with Gasteiger partial charge in [0.1, 0.15) is 0 Å². The maximum Gasteiger partial charge on any atom is 0.225 e. The molecule has 0 aromatic carbocycles. The van der Waals surface area contributed by atoms with Crippen molar-refractivity contribution in [1.29, 1.82) is 0 Å². The van der Waals surface area contributed by atoms with Crippen LogP contribution in [0.15, 0.2) is 4.99 Å². The number of hydrogen-bond acceptors (Lipinski definition) is 3. The lowest BCUT2D eigenvalue weighted by molar-refractivity contribution is -0.135. The number of nitrogens with one attached hydrogen (secondary N) is 2. The number of rotatable bonds is 8. The van der Waals surface area contributed by atoms with Crippen LogP contribution in [-0.4, -0.2) is 73.0 Å². The molecule has 1 aliphatic heterocycles. The zero-order chi connectivity index (χ0) is 19.1. The number of amides is 1. The molecule has 0 aromatic rings. The van der Waals surface area contributed by atoms with Crippen LogP contribution in [0.2, 0.25) is 0 Å². The van der Waals surface area contributed by atoms with Crippen molar-refractivity contribution < 1.29 is 4.79 Å². The molecule has 2 saturated carbocycles. The standard InChI is InChI=1S/C21H39N5O/c1-3-22-21(23-13-15-25(4-2)19-10-11-19)24-18-12-14-26(16-18)20(27)17-8-6-5-7-9-17/h17-19H,3-16H2,1-2H3,(H2,22,23,24). The van der Waals surface area contributed by atoms with Crippen molar-refractivity contribution in [2.75, 3.05) is 39.3 Å². The molecule has 0 aromatic heterocycles. The Labute approximate surface area is 165 Å². The summed E-state index contributed by atoms with van der Waals surface area (Å²) in [4.78, 5) is 22.2. The summed E-state index contributed by atoms with van der Waals surface area (Å²) in [5.74, 6) is 1.58. The van der Waals surface area contributed by atoms with E-state index in [-0.39, 0.29) is 5.92 Å². The Balaban J connectivity index is 1.45. The Kier molecular flexibility index (Phi) is 7.80. The molecule has 6 nitrogen and oxygen atoms in total. The van der Waals surface area contributed by atoms with E-state index in [1.54, 1.807) is 0 Å². The van der Waals surface area contributed by atoms with E-state index in [9.17, 15) is 4.79 Å². The minimum absolute atomic E-state index is 0.279. The van der Waals surface area contributed by atoms with Crippen LogP contribution in [0.5, 0.6) is 0 Å². The van der Waals surface area contributed by atoms with E-state index in [4.69, 9.17) is 4.99 Å². The second-order valence-electron chi connectivity index (χ2n) is 8.37. The maximum absolute atomic E-state index is 12.8. The largest absolute Gasteiger partial charge is 0.357 e. The summed E-state index contributed by atoms with van der Waals surface area (Å²) >= 11 is 0. The molecule has 3 fully saturated rings. The van der Waals surface area contributed by atoms with Crippen LogP contribution in [0, 0.1) is 5.92 Å². The van der Waals surface area contributed by atoms with Gasteiger partial charge in [-0.05, 0) is 45.6 Å². The molecule has 154 valence electrons. The summed E-state index contributed by atoms with van der Waals surface area (Å²) in [6.45, 7) is 9.90. The average molecular weight is 378 g/mol. The van der Waals surface area contributed by atoms with Crippen molar-refractivity contribution in [3.63, 3.8) is 0 Å². The zero-order valence-corrected chi connectivity index (χ0v) is 17.4. The molecule has 3 aliphatic rings. The Morgan fingerprint density at radius 1 is 1.11 bits per heavy atom. The highest BCUT2D eigenvalue weighted by molar-refractivity contribution is 5.81. The Morgan fingerprint density at radius 2 is 1.89 bits per heavy atom. The van der Waals surface area contributed by atoms with Gasteiger partial charge in [0, 0.05) is 44.2 Å². The molecule has 0 radical (unpaired) electrons. The van der Waals surface area contributed by atoms with Crippen LogP contribution < -0.4 is 10.6 Å². The topological polar surface area (TPSA) is 60.0 Å². The Bertz CT molecular complexity index is 499. The highest BCUT2D eigenvalue weighted by atomic mass is 16.2. The molecular weight excluding hydrogens is 338 g/mol. The van der Waals surface area contributed by atoms with Crippen molar-refractivity contribution in [1.82, 2.24) is 20.4 Å². The summed E-state index contributed by atoms with van der Waals surface area (Å²) in [5, 5.41) is 6.94. The van der Waals surface area contributed by atoms with Crippen molar-refractivity contribution in [2.24, 2.45) is 10.9 Å². The average Bonchev–Trinajstić information content (AvgIpc) is 3.43. The lowest BCUT2D eigenvalue weighted by atomic mass is 9.88. The van der Waals surface area contributed by atoms with Gasteiger partial charge < -0.3 is 15.5 Å². The predicted octanol–water partition coefficient (Wildman–Crippen LogP) is 2.21. The van der Waals surface area contributed by atoms with Gasteiger partial charge >= 0.3 is 0 Å². The first kappa shape index (κ1) is 20.4. The SMILES string of the molecule is CCNC(=NCCN(CC)C1CC1)NC1CCN(C(=O)C2CCCCC2)C1. The highest BCUT2D eigenvalue weighted by Crippen LogP contribution is 2.27. The maximum atomic E-state index is 12.8. The summed E-state index contributed by atoms with van der Waals surface area (Å²) < 4.78 is 0. The molecule has 1 heterocycles. The quantitative estimate of drug-likeness (QED) is 0.503. The molecule has 1 unspecified atom stereocenters. The second-order valence-corrected chi connectivity index (χ2v) is 8.37. The van der Waals surface area contributed by atoms with Crippen LogP contribution in [0.25, 0.3) is 0 Å². The monoisotopic (exact) mass is 377 g/mol. The number of carbonyl (C=O) groups is 1. The number of likely N-dealkylation sites (N-methyl/N-ethyl adjacent to an activating group) is 1. The molecule has 2 N–H and O–H groups in total. The number of nitrogens with zero attached hydrogens (tertiary/aromatic N) is 3. The van der Waals surface area contributed by atoms with E-state index in [1.165, 1.54) is 32.1 Å². The van der Waals surface area contributed by atoms with E-state index in [0.717, 1.165) is 70.5 Å². The second kappa shape index (κ2) is 10.3. The molecule has 27 heavy (non-hydrogen) atoms. The van der Waals surface area contributed by atoms with Crippen LogP contribution >= 0.6 is 0 Å². The first-order valence-electron chi connectivity index (χ1n) is 11.3. The van der Waals surface area contributed by atoms with E-state index in [2.05, 4.69) is 34.3 Å². The smallest absolute Gasteiger partial charge is 0.225 e. The lowest BCUT2D eigenvalue weighted by Gasteiger charge is -2.26. The molecular formula is C21H39N5O. The molecule has 1 saturated heterocycles. The van der Waals surface area contributed by atoms with E-state index < -0.39 is 0 Å². The van der Waals surface area contributed by atoms with E-state index in [1.807, 2.05) is 0 Å². The molecule has 0 bridgehead atoms. The summed E-state index contributed by atoms with van der Waals surface area (Å²) in [7, 11) is 0. The van der Waals surface area contributed by atoms with Crippen molar-refractivity contribution in [3.05, 3.63) is 0 Å². The lowest BCUT2D eigenvalue weighted by Crippen LogP contribution is -2.46. The summed E-state index contributed by atoms with van der Waals surface area (Å²) in [5.41, 5.74) is 0. The Morgan fingerprint density at radius 3 is 2.56 bits per heavy atom. The van der Waals surface area contributed by atoms with Crippen LogP contribution in [0.4, 0.5) is 0 Å². The minimum atomic E-state index is 0.279. The van der Waals surface area contributed by atoms with Crippen LogP contribution in [0.1, 0.15) is 65.2 Å². The number of guanidine groups is 1. The zero-order valence-electron chi connectivity index (χ0n) is 17.4. The van der Waals surface area contributed by atoms with Gasteiger partial charge in [-0.15, -0.1) is 0 Å². The van der Waals surface area contributed by atoms with Gasteiger partial charge in [-0.25, -0.2) is 0 Å². The number of hydrogen-bond donors (Lipinski definition) is 2. The van der Waals surface area contributed by atoms with Crippen LogP contribution in [0.3, 0.4) is 0 Å². The van der Waals surface area contributed by atoms with Gasteiger partial charge in [0.25, 0.3) is 0 Å². The van der Waals surface area contributed by atoms with Gasteiger partial charge in [0.2, 0.25) is 5.91 Å². The third-order valence-electron chi connectivity index (χ3n) is 6.27. The van der Waals surface area contributed by atoms with Crippen molar-refractivity contribution in [2.45, 2.75) is 77.3 Å². The fraction of sp³-hybridized carbons (Fsp3) is 0.905. The van der Waals surface area contributed by atoms with Crippen molar-refractivity contribution >= 4 is 11.9 Å². The first-order valence-corrected chi connectivity index (χ1v) is 11.3. The number of aliphatic imine (C=N–C) groups is 1. The van der Waals surface area contributed by atoms with E-state index >= 15 is 0 Å². The third-order valence-corrected chi connectivity index (χ3v) is 6.27. The Hall–Kier alpha value is -1.30. The van der Waals surface area contributed by atoms with Crippen molar-refractivity contribution in [3.8, 4) is 0 Å². The van der Waals surface area contributed by atoms with Gasteiger partial charge in [0.05, 0.1) is 6.54 Å². The van der Waals surface area contributed by atoms with Gasteiger partial charge in [-0.1, -0.05) is 26.2 Å². The number of likely N-dealkylation sites (tertiary alicyclic amines) is 1. The number of carbonyl (C=O) groups excluding carboxylic acids is 1. The molecule has 0 spiro atoms. The molecule has 2 aliphatic carbocycles. The predicted molar refractivity (Wildman–Crippen MR) is 111 cm³/mol. The first-order chi connectivity index (χ1) is 13.2. The minimum Gasteiger partial charge on any atom is -0.357 e. The fourth-order valence-corrected chi connectivity index (χ4v) is 4.53. The van der Waals surface area contributed by atoms with Gasteiger partial charge in [-0.2, -0.15) is 0 Å². The molecule has 1 atom stereocenters. The summed E-state index contributed by atoms with van der Waals surface area (Å²) in [6, 6.07) is 1.12. The highest BCUT2D eigenvalue weighted by Gasteiger charge is 2.32. The van der Waals surface area contributed by atoms with E-state index in [0.29, 0.717) is 11.9 Å². The molecule has 1 amide bonds. The normalized spacial score (nSPS) is 24.5. The molecule has 6 heteroatoms. The fourth-order valence-electron chi connectivity index (χ4n) is 4.53. The van der Waals surface area contributed by atoms with Crippen LogP contribution in [-0.2, 0) is 4.79 Å². The van der Waals surface area contributed by atoms with Gasteiger partial charge in [0.15, 0.2) is 5.96 Å². The third kappa shape index (κ3) is 6.09. The molecule has 3 rings (SSSR count). The summed E-state index contributed by atoms with van der Waals surface area (Å²) in [6.07, 6.45) is 9.64.